The van der Waals surface area contributed by atoms with Crippen molar-refractivity contribution in [1.82, 2.24) is 5.43 Å². The second-order valence-corrected chi connectivity index (χ2v) is 7.39. The van der Waals surface area contributed by atoms with Gasteiger partial charge in [0.05, 0.1) is 6.04 Å². The quantitative estimate of drug-likeness (QED) is 0.629. The molecule has 0 aliphatic carbocycles. The summed E-state index contributed by atoms with van der Waals surface area (Å²) < 4.78 is 1.06. The van der Waals surface area contributed by atoms with Crippen molar-refractivity contribution in [3.63, 3.8) is 0 Å². The number of halogens is 1. The summed E-state index contributed by atoms with van der Waals surface area (Å²) in [6.45, 7) is 8.77. The standard InChI is InChI=1S/C18H23BrN2/c1-12-5-10-15(19)11-16(12)17(21-20)13-6-8-14(9-7-13)18(2,3)4/h5-11,17,21H,20H2,1-4H3. The Balaban J connectivity index is 2.40. The molecule has 3 heteroatoms. The minimum Gasteiger partial charge on any atom is -0.271 e. The highest BCUT2D eigenvalue weighted by Crippen LogP contribution is 2.29. The van der Waals surface area contributed by atoms with Gasteiger partial charge in [-0.3, -0.25) is 5.84 Å². The van der Waals surface area contributed by atoms with Crippen molar-refractivity contribution in [2.75, 3.05) is 0 Å². The Bertz CT molecular complexity index is 612. The van der Waals surface area contributed by atoms with Crippen LogP contribution in [-0.4, -0.2) is 0 Å². The molecular weight excluding hydrogens is 324 g/mol. The van der Waals surface area contributed by atoms with Gasteiger partial charge in [0, 0.05) is 4.47 Å². The molecule has 0 saturated carbocycles. The molecule has 0 radical (unpaired) electrons. The first-order valence-electron chi connectivity index (χ1n) is 7.15. The summed E-state index contributed by atoms with van der Waals surface area (Å²) in [5.41, 5.74) is 8.02. The van der Waals surface area contributed by atoms with Gasteiger partial charge >= 0.3 is 0 Å². The van der Waals surface area contributed by atoms with Crippen LogP contribution in [0, 0.1) is 6.92 Å². The van der Waals surface area contributed by atoms with Gasteiger partial charge in [-0.15, -0.1) is 0 Å². The van der Waals surface area contributed by atoms with E-state index in [2.05, 4.69) is 91.5 Å². The largest absolute Gasteiger partial charge is 0.271 e. The van der Waals surface area contributed by atoms with Gasteiger partial charge in [0.2, 0.25) is 0 Å². The SMILES string of the molecule is Cc1ccc(Br)cc1C(NN)c1ccc(C(C)(C)C)cc1. The van der Waals surface area contributed by atoms with E-state index in [1.807, 2.05) is 0 Å². The maximum Gasteiger partial charge on any atom is 0.0713 e. The van der Waals surface area contributed by atoms with Crippen LogP contribution >= 0.6 is 15.9 Å². The summed E-state index contributed by atoms with van der Waals surface area (Å²) in [6, 6.07) is 15.0. The van der Waals surface area contributed by atoms with Crippen LogP contribution in [0.4, 0.5) is 0 Å². The zero-order valence-electron chi connectivity index (χ0n) is 13.1. The van der Waals surface area contributed by atoms with Gasteiger partial charge in [-0.1, -0.05) is 67.0 Å². The van der Waals surface area contributed by atoms with Gasteiger partial charge in [-0.2, -0.15) is 0 Å². The van der Waals surface area contributed by atoms with E-state index >= 15 is 0 Å². The summed E-state index contributed by atoms with van der Waals surface area (Å²) in [6.07, 6.45) is 0. The van der Waals surface area contributed by atoms with Crippen LogP contribution in [0.2, 0.25) is 0 Å². The van der Waals surface area contributed by atoms with E-state index < -0.39 is 0 Å². The van der Waals surface area contributed by atoms with Gasteiger partial charge in [0.1, 0.15) is 0 Å². The Morgan fingerprint density at radius 2 is 1.67 bits per heavy atom. The Morgan fingerprint density at radius 3 is 2.19 bits per heavy atom. The lowest BCUT2D eigenvalue weighted by Crippen LogP contribution is -2.29. The van der Waals surface area contributed by atoms with Gasteiger partial charge in [-0.05, 0) is 46.7 Å². The highest BCUT2D eigenvalue weighted by atomic mass is 79.9. The normalized spacial score (nSPS) is 13.2. The van der Waals surface area contributed by atoms with Crippen molar-refractivity contribution in [1.29, 1.82) is 0 Å². The number of aryl methyl sites for hydroxylation is 1. The van der Waals surface area contributed by atoms with Crippen molar-refractivity contribution >= 4 is 15.9 Å². The zero-order valence-corrected chi connectivity index (χ0v) is 14.7. The fourth-order valence-corrected chi connectivity index (χ4v) is 2.84. The monoisotopic (exact) mass is 346 g/mol. The van der Waals surface area contributed by atoms with Crippen LogP contribution < -0.4 is 11.3 Å². The Labute approximate surface area is 135 Å². The van der Waals surface area contributed by atoms with Crippen LogP contribution in [0.15, 0.2) is 46.9 Å². The molecule has 2 nitrogen and oxygen atoms in total. The van der Waals surface area contributed by atoms with Crippen LogP contribution in [0.5, 0.6) is 0 Å². The van der Waals surface area contributed by atoms with Crippen molar-refractivity contribution in [3.05, 3.63) is 69.2 Å². The lowest BCUT2D eigenvalue weighted by atomic mass is 9.85. The average molecular weight is 347 g/mol. The van der Waals surface area contributed by atoms with E-state index in [1.54, 1.807) is 0 Å². The van der Waals surface area contributed by atoms with Crippen LogP contribution in [0.1, 0.15) is 49.1 Å². The first-order chi connectivity index (χ1) is 9.82. The summed E-state index contributed by atoms with van der Waals surface area (Å²) >= 11 is 3.54. The number of hydrazine groups is 1. The van der Waals surface area contributed by atoms with Crippen LogP contribution in [0.25, 0.3) is 0 Å². The molecule has 2 aromatic rings. The molecular formula is C18H23BrN2. The van der Waals surface area contributed by atoms with Gasteiger partial charge < -0.3 is 0 Å². The zero-order chi connectivity index (χ0) is 15.6. The van der Waals surface area contributed by atoms with E-state index in [0.29, 0.717) is 0 Å². The first kappa shape index (κ1) is 16.2. The topological polar surface area (TPSA) is 38.0 Å². The third kappa shape index (κ3) is 3.73. The fraction of sp³-hybridized carbons (Fsp3) is 0.333. The van der Waals surface area contributed by atoms with E-state index in [-0.39, 0.29) is 11.5 Å². The molecule has 0 aromatic heterocycles. The first-order valence-corrected chi connectivity index (χ1v) is 7.95. The Morgan fingerprint density at radius 1 is 1.05 bits per heavy atom. The number of rotatable bonds is 3. The number of nitrogens with two attached hydrogens (primary N) is 1. The second-order valence-electron chi connectivity index (χ2n) is 6.47. The molecule has 0 spiro atoms. The molecule has 0 aliphatic rings. The maximum absolute atomic E-state index is 5.81. The van der Waals surface area contributed by atoms with Crippen molar-refractivity contribution in [2.24, 2.45) is 5.84 Å². The summed E-state index contributed by atoms with van der Waals surface area (Å²) in [5, 5.41) is 0. The summed E-state index contributed by atoms with van der Waals surface area (Å²) in [7, 11) is 0. The highest BCUT2D eigenvalue weighted by Gasteiger charge is 2.17. The smallest absolute Gasteiger partial charge is 0.0713 e. The van der Waals surface area contributed by atoms with Crippen LogP contribution in [-0.2, 0) is 5.41 Å². The third-order valence-corrected chi connectivity index (χ3v) is 4.32. The lowest BCUT2D eigenvalue weighted by molar-refractivity contribution is 0.587. The molecule has 0 aliphatic heterocycles. The maximum atomic E-state index is 5.81. The van der Waals surface area contributed by atoms with E-state index in [0.717, 1.165) is 4.47 Å². The molecule has 112 valence electrons. The third-order valence-electron chi connectivity index (χ3n) is 3.83. The fourth-order valence-electron chi connectivity index (χ4n) is 2.46. The predicted octanol–water partition coefficient (Wildman–Crippen LogP) is 4.61. The van der Waals surface area contributed by atoms with E-state index in [9.17, 15) is 0 Å². The minimum atomic E-state index is -0.00322. The van der Waals surface area contributed by atoms with Crippen LogP contribution in [0.3, 0.4) is 0 Å². The average Bonchev–Trinajstić information content (AvgIpc) is 2.43. The van der Waals surface area contributed by atoms with Crippen molar-refractivity contribution in [2.45, 2.75) is 39.2 Å². The molecule has 0 bridgehead atoms. The second kappa shape index (κ2) is 6.30. The molecule has 0 fully saturated rings. The Kier molecular flexibility index (Phi) is 4.87. The van der Waals surface area contributed by atoms with E-state index in [4.69, 9.17) is 5.84 Å². The van der Waals surface area contributed by atoms with Crippen molar-refractivity contribution < 1.29 is 0 Å². The molecule has 2 rings (SSSR count). The Hall–Kier alpha value is -1.16. The molecule has 2 aromatic carbocycles. The molecule has 0 heterocycles. The van der Waals surface area contributed by atoms with Gasteiger partial charge in [0.15, 0.2) is 0 Å². The molecule has 1 unspecified atom stereocenters. The molecule has 3 N–H and O–H groups in total. The number of hydrogen-bond donors (Lipinski definition) is 2. The number of nitrogens with one attached hydrogen (secondary N) is 1. The van der Waals surface area contributed by atoms with Crippen molar-refractivity contribution in [3.8, 4) is 0 Å². The molecule has 21 heavy (non-hydrogen) atoms. The number of benzene rings is 2. The summed E-state index contributed by atoms with van der Waals surface area (Å²) in [4.78, 5) is 0. The van der Waals surface area contributed by atoms with Gasteiger partial charge in [-0.25, -0.2) is 5.43 Å². The highest BCUT2D eigenvalue weighted by molar-refractivity contribution is 9.10. The van der Waals surface area contributed by atoms with E-state index in [1.165, 1.54) is 22.3 Å². The number of hydrogen-bond acceptors (Lipinski definition) is 2. The van der Waals surface area contributed by atoms with Gasteiger partial charge in [0.25, 0.3) is 0 Å². The lowest BCUT2D eigenvalue weighted by Gasteiger charge is -2.22. The molecule has 1 atom stereocenters. The minimum absolute atomic E-state index is 0.00322. The molecule has 0 amide bonds. The summed E-state index contributed by atoms with van der Waals surface area (Å²) in [5.74, 6) is 5.81. The molecule has 0 saturated heterocycles. The predicted molar refractivity (Wildman–Crippen MR) is 93.2 cm³/mol.